The molecule has 2 aliphatic heterocycles. The van der Waals surface area contributed by atoms with E-state index in [2.05, 4.69) is 29.1 Å². The summed E-state index contributed by atoms with van der Waals surface area (Å²) in [5, 5.41) is 3.47. The number of likely N-dealkylation sites (tertiary alicyclic amines) is 1. The Hall–Kier alpha value is -1.20. The van der Waals surface area contributed by atoms with Crippen LogP contribution in [0, 0.1) is 11.8 Å². The highest BCUT2D eigenvalue weighted by molar-refractivity contribution is 5.95. The second-order valence-electron chi connectivity index (χ2n) is 6.52. The summed E-state index contributed by atoms with van der Waals surface area (Å²) in [7, 11) is 0. The summed E-state index contributed by atoms with van der Waals surface area (Å²) < 4.78 is 0. The van der Waals surface area contributed by atoms with Gasteiger partial charge in [-0.3, -0.25) is 4.79 Å². The maximum atomic E-state index is 12.8. The highest BCUT2D eigenvalue weighted by Gasteiger charge is 2.32. The SMILES string of the molecule is CC(C)c1ncncc1C(=O)N1CC[C@@H]2CNC[C@@H]2CC1.Cl. The van der Waals surface area contributed by atoms with Crippen molar-refractivity contribution in [3.63, 3.8) is 0 Å². The number of carbonyl (C=O) groups is 1. The summed E-state index contributed by atoms with van der Waals surface area (Å²) in [4.78, 5) is 23.2. The second-order valence-corrected chi connectivity index (χ2v) is 6.52. The van der Waals surface area contributed by atoms with Crippen LogP contribution < -0.4 is 5.32 Å². The van der Waals surface area contributed by atoms with Crippen molar-refractivity contribution >= 4 is 18.3 Å². The smallest absolute Gasteiger partial charge is 0.257 e. The van der Waals surface area contributed by atoms with Gasteiger partial charge in [0.2, 0.25) is 0 Å². The Labute approximate surface area is 138 Å². The number of hydrogen-bond acceptors (Lipinski definition) is 4. The minimum Gasteiger partial charge on any atom is -0.339 e. The third kappa shape index (κ3) is 3.41. The minimum absolute atomic E-state index is 0. The summed E-state index contributed by atoms with van der Waals surface area (Å²) in [6, 6.07) is 0. The third-order valence-electron chi connectivity index (χ3n) is 4.83. The van der Waals surface area contributed by atoms with Crippen LogP contribution in [0.4, 0.5) is 0 Å². The lowest BCUT2D eigenvalue weighted by Gasteiger charge is -2.22. The van der Waals surface area contributed by atoms with Gasteiger partial charge in [0.05, 0.1) is 11.3 Å². The Morgan fingerprint density at radius 3 is 2.50 bits per heavy atom. The van der Waals surface area contributed by atoms with Crippen molar-refractivity contribution in [1.82, 2.24) is 20.2 Å². The third-order valence-corrected chi connectivity index (χ3v) is 4.83. The number of nitrogens with one attached hydrogen (secondary N) is 1. The zero-order chi connectivity index (χ0) is 14.8. The topological polar surface area (TPSA) is 58.1 Å². The molecule has 0 saturated carbocycles. The van der Waals surface area contributed by atoms with Gasteiger partial charge in [-0.2, -0.15) is 0 Å². The molecule has 0 bridgehead atoms. The van der Waals surface area contributed by atoms with Gasteiger partial charge in [-0.25, -0.2) is 9.97 Å². The molecule has 0 aliphatic carbocycles. The maximum Gasteiger partial charge on any atom is 0.257 e. The van der Waals surface area contributed by atoms with Crippen LogP contribution in [0.2, 0.25) is 0 Å². The number of hydrogen-bond donors (Lipinski definition) is 1. The first-order valence-electron chi connectivity index (χ1n) is 7.96. The van der Waals surface area contributed by atoms with Crippen LogP contribution in [0.15, 0.2) is 12.5 Å². The summed E-state index contributed by atoms with van der Waals surface area (Å²) in [5.41, 5.74) is 1.54. The quantitative estimate of drug-likeness (QED) is 0.905. The molecular formula is C16H25ClN4O. The van der Waals surface area contributed by atoms with Gasteiger partial charge < -0.3 is 10.2 Å². The van der Waals surface area contributed by atoms with E-state index in [9.17, 15) is 4.79 Å². The normalized spacial score (nSPS) is 24.6. The molecule has 0 aromatic carbocycles. The molecule has 2 fully saturated rings. The highest BCUT2D eigenvalue weighted by Crippen LogP contribution is 2.28. The standard InChI is InChI=1S/C16H24N4O.ClH/c1-11(2)15-14(9-18-10-19-15)16(21)20-5-3-12-7-17-8-13(12)4-6-20;/h9-13,17H,3-8H2,1-2H3;1H/t12-,13+;. The van der Waals surface area contributed by atoms with Crippen LogP contribution in [0.25, 0.3) is 0 Å². The monoisotopic (exact) mass is 324 g/mol. The van der Waals surface area contributed by atoms with Crippen LogP contribution in [0.3, 0.4) is 0 Å². The molecule has 6 heteroatoms. The summed E-state index contributed by atoms with van der Waals surface area (Å²) >= 11 is 0. The summed E-state index contributed by atoms with van der Waals surface area (Å²) in [6.45, 7) is 8.06. The van der Waals surface area contributed by atoms with E-state index in [4.69, 9.17) is 0 Å². The van der Waals surface area contributed by atoms with Gasteiger partial charge in [-0.1, -0.05) is 13.8 Å². The molecule has 1 aromatic heterocycles. The second kappa shape index (κ2) is 7.38. The Bertz CT molecular complexity index is 509. The van der Waals surface area contributed by atoms with Crippen molar-refractivity contribution < 1.29 is 4.79 Å². The zero-order valence-corrected chi connectivity index (χ0v) is 14.1. The van der Waals surface area contributed by atoms with Crippen molar-refractivity contribution in [3.05, 3.63) is 23.8 Å². The fourth-order valence-corrected chi connectivity index (χ4v) is 3.56. The Balaban J connectivity index is 0.00000176. The molecule has 0 unspecified atom stereocenters. The number of halogens is 1. The Kier molecular flexibility index (Phi) is 5.75. The number of fused-ring (bicyclic) bond motifs is 1. The molecule has 1 aromatic rings. The first-order valence-corrected chi connectivity index (χ1v) is 7.96. The van der Waals surface area contributed by atoms with E-state index < -0.39 is 0 Å². The minimum atomic E-state index is 0. The largest absolute Gasteiger partial charge is 0.339 e. The van der Waals surface area contributed by atoms with Crippen LogP contribution >= 0.6 is 12.4 Å². The molecule has 1 amide bonds. The van der Waals surface area contributed by atoms with Crippen LogP contribution in [-0.2, 0) is 0 Å². The molecule has 0 spiro atoms. The molecule has 2 saturated heterocycles. The summed E-state index contributed by atoms with van der Waals surface area (Å²) in [6.07, 6.45) is 5.42. The van der Waals surface area contributed by atoms with Gasteiger partial charge in [0.25, 0.3) is 5.91 Å². The lowest BCUT2D eigenvalue weighted by Crippen LogP contribution is -2.33. The van der Waals surface area contributed by atoms with E-state index in [-0.39, 0.29) is 24.2 Å². The first kappa shape index (κ1) is 17.2. The number of nitrogens with zero attached hydrogens (tertiary/aromatic N) is 3. The van der Waals surface area contributed by atoms with E-state index in [1.165, 1.54) is 6.33 Å². The molecule has 2 aliphatic rings. The Morgan fingerprint density at radius 2 is 1.91 bits per heavy atom. The molecule has 1 N–H and O–H groups in total. The maximum absolute atomic E-state index is 12.8. The van der Waals surface area contributed by atoms with E-state index in [0.29, 0.717) is 5.56 Å². The van der Waals surface area contributed by atoms with E-state index in [1.54, 1.807) is 6.20 Å². The van der Waals surface area contributed by atoms with E-state index >= 15 is 0 Å². The van der Waals surface area contributed by atoms with Crippen molar-refractivity contribution in [2.24, 2.45) is 11.8 Å². The van der Waals surface area contributed by atoms with Crippen molar-refractivity contribution in [3.8, 4) is 0 Å². The van der Waals surface area contributed by atoms with Crippen LogP contribution in [0.1, 0.15) is 48.7 Å². The fraction of sp³-hybridized carbons (Fsp3) is 0.688. The van der Waals surface area contributed by atoms with Gasteiger partial charge in [0, 0.05) is 19.3 Å². The molecular weight excluding hydrogens is 300 g/mol. The van der Waals surface area contributed by atoms with Gasteiger partial charge >= 0.3 is 0 Å². The molecule has 0 radical (unpaired) electrons. The van der Waals surface area contributed by atoms with Gasteiger partial charge in [0.15, 0.2) is 0 Å². The van der Waals surface area contributed by atoms with Crippen molar-refractivity contribution in [2.75, 3.05) is 26.2 Å². The van der Waals surface area contributed by atoms with E-state index in [1.807, 2.05) is 4.90 Å². The number of aromatic nitrogens is 2. The molecule has 2 atom stereocenters. The van der Waals surface area contributed by atoms with Crippen molar-refractivity contribution in [2.45, 2.75) is 32.6 Å². The van der Waals surface area contributed by atoms with Crippen molar-refractivity contribution in [1.29, 1.82) is 0 Å². The van der Waals surface area contributed by atoms with Gasteiger partial charge in [0.1, 0.15) is 6.33 Å². The number of rotatable bonds is 2. The van der Waals surface area contributed by atoms with Crippen LogP contribution in [0.5, 0.6) is 0 Å². The molecule has 122 valence electrons. The predicted octanol–water partition coefficient (Wildman–Crippen LogP) is 2.09. The zero-order valence-electron chi connectivity index (χ0n) is 13.3. The fourth-order valence-electron chi connectivity index (χ4n) is 3.56. The number of carbonyl (C=O) groups excluding carboxylic acids is 1. The van der Waals surface area contributed by atoms with E-state index in [0.717, 1.165) is 56.6 Å². The lowest BCUT2D eigenvalue weighted by atomic mass is 9.92. The highest BCUT2D eigenvalue weighted by atomic mass is 35.5. The van der Waals surface area contributed by atoms with Crippen LogP contribution in [-0.4, -0.2) is 47.0 Å². The molecule has 3 heterocycles. The average Bonchev–Trinajstić information content (AvgIpc) is 2.85. The molecule has 3 rings (SSSR count). The number of amides is 1. The molecule has 22 heavy (non-hydrogen) atoms. The predicted molar refractivity (Wildman–Crippen MR) is 88.4 cm³/mol. The summed E-state index contributed by atoms with van der Waals surface area (Å²) in [5.74, 6) is 1.81. The Morgan fingerprint density at radius 1 is 1.27 bits per heavy atom. The average molecular weight is 325 g/mol. The first-order chi connectivity index (χ1) is 10.2. The lowest BCUT2D eigenvalue weighted by molar-refractivity contribution is 0.0756. The van der Waals surface area contributed by atoms with Gasteiger partial charge in [-0.15, -0.1) is 12.4 Å². The molecule has 5 nitrogen and oxygen atoms in total. The van der Waals surface area contributed by atoms with Gasteiger partial charge in [-0.05, 0) is 43.7 Å².